The zero-order chi connectivity index (χ0) is 13.9. The number of hydrogen-bond donors (Lipinski definition) is 1. The molecule has 0 bridgehead atoms. The second-order valence-electron chi connectivity index (χ2n) is 7.29. The van der Waals surface area contributed by atoms with Crippen LogP contribution in [0.15, 0.2) is 0 Å². The molecule has 0 radical (unpaired) electrons. The standard InChI is InChI=1S/C16H33N3/c1-5-17-14(2)16(3,4)13-19-10-8-18(9-11-19)12-15-6-7-15/h14-15,17H,5-13H2,1-4H3. The van der Waals surface area contributed by atoms with Gasteiger partial charge in [-0.25, -0.2) is 0 Å². The van der Waals surface area contributed by atoms with Gasteiger partial charge in [0.2, 0.25) is 0 Å². The molecule has 2 aliphatic rings. The fourth-order valence-corrected chi connectivity index (χ4v) is 3.09. The van der Waals surface area contributed by atoms with Gasteiger partial charge in [0.05, 0.1) is 0 Å². The van der Waals surface area contributed by atoms with Crippen LogP contribution in [-0.4, -0.2) is 61.7 Å². The van der Waals surface area contributed by atoms with E-state index in [0.717, 1.165) is 12.5 Å². The summed E-state index contributed by atoms with van der Waals surface area (Å²) in [6, 6.07) is 0.585. The van der Waals surface area contributed by atoms with E-state index >= 15 is 0 Å². The minimum absolute atomic E-state index is 0.356. The Bertz CT molecular complexity index is 265. The van der Waals surface area contributed by atoms with Crippen molar-refractivity contribution in [2.45, 2.75) is 46.6 Å². The first-order valence-electron chi connectivity index (χ1n) is 8.19. The summed E-state index contributed by atoms with van der Waals surface area (Å²) in [6.07, 6.45) is 2.96. The Hall–Kier alpha value is -0.120. The maximum Gasteiger partial charge on any atom is 0.0110 e. The highest BCUT2D eigenvalue weighted by Gasteiger charge is 2.30. The van der Waals surface area contributed by atoms with Gasteiger partial charge in [0.1, 0.15) is 0 Å². The molecule has 3 heteroatoms. The van der Waals surface area contributed by atoms with Crippen LogP contribution in [-0.2, 0) is 0 Å². The lowest BCUT2D eigenvalue weighted by molar-refractivity contribution is 0.0814. The molecule has 1 unspecified atom stereocenters. The first-order valence-corrected chi connectivity index (χ1v) is 8.19. The van der Waals surface area contributed by atoms with Crippen molar-refractivity contribution in [1.29, 1.82) is 0 Å². The van der Waals surface area contributed by atoms with Gasteiger partial charge in [0.25, 0.3) is 0 Å². The van der Waals surface area contributed by atoms with Crippen molar-refractivity contribution < 1.29 is 0 Å². The average Bonchev–Trinajstić information content (AvgIpc) is 3.16. The van der Waals surface area contributed by atoms with Crippen molar-refractivity contribution in [3.05, 3.63) is 0 Å². The number of nitrogens with zero attached hydrogens (tertiary/aromatic N) is 2. The van der Waals surface area contributed by atoms with Gasteiger partial charge in [0.15, 0.2) is 0 Å². The van der Waals surface area contributed by atoms with Crippen LogP contribution >= 0.6 is 0 Å². The van der Waals surface area contributed by atoms with E-state index in [4.69, 9.17) is 0 Å². The number of rotatable bonds is 7. The van der Waals surface area contributed by atoms with Crippen molar-refractivity contribution in [3.8, 4) is 0 Å². The molecule has 2 rings (SSSR count). The smallest absolute Gasteiger partial charge is 0.0110 e. The SMILES string of the molecule is CCNC(C)C(C)(C)CN1CCN(CC2CC2)CC1. The van der Waals surface area contributed by atoms with Crippen molar-refractivity contribution >= 4 is 0 Å². The van der Waals surface area contributed by atoms with Gasteiger partial charge in [-0.3, -0.25) is 0 Å². The predicted octanol–water partition coefficient (Wildman–Crippen LogP) is 2.04. The van der Waals surface area contributed by atoms with Crippen molar-refractivity contribution in [2.75, 3.05) is 45.8 Å². The van der Waals surface area contributed by atoms with E-state index in [1.165, 1.54) is 52.1 Å². The molecule has 1 saturated heterocycles. The first kappa shape index (κ1) is 15.3. The maximum atomic E-state index is 3.58. The van der Waals surface area contributed by atoms with Gasteiger partial charge in [-0.1, -0.05) is 20.8 Å². The topological polar surface area (TPSA) is 18.5 Å². The summed E-state index contributed by atoms with van der Waals surface area (Å²) in [5.74, 6) is 1.04. The number of nitrogens with one attached hydrogen (secondary N) is 1. The molecule has 1 saturated carbocycles. The Morgan fingerprint density at radius 1 is 1.11 bits per heavy atom. The minimum atomic E-state index is 0.356. The second kappa shape index (κ2) is 6.55. The molecule has 1 atom stereocenters. The lowest BCUT2D eigenvalue weighted by Crippen LogP contribution is -2.52. The molecule has 2 fully saturated rings. The number of hydrogen-bond acceptors (Lipinski definition) is 3. The average molecular weight is 267 g/mol. The molecule has 0 aromatic rings. The summed E-state index contributed by atoms with van der Waals surface area (Å²) in [7, 11) is 0. The third kappa shape index (κ3) is 4.73. The Morgan fingerprint density at radius 2 is 1.68 bits per heavy atom. The molecule has 1 N–H and O–H groups in total. The molecule has 112 valence electrons. The lowest BCUT2D eigenvalue weighted by atomic mass is 9.84. The molecule has 1 heterocycles. The highest BCUT2D eigenvalue weighted by molar-refractivity contribution is 4.86. The Morgan fingerprint density at radius 3 is 2.21 bits per heavy atom. The van der Waals surface area contributed by atoms with Crippen LogP contribution in [0.2, 0.25) is 0 Å². The molecule has 1 aliphatic carbocycles. The second-order valence-corrected chi connectivity index (χ2v) is 7.29. The van der Waals surface area contributed by atoms with Crippen molar-refractivity contribution in [3.63, 3.8) is 0 Å². The summed E-state index contributed by atoms with van der Waals surface area (Å²) in [5.41, 5.74) is 0.356. The van der Waals surface area contributed by atoms with Crippen LogP contribution in [0, 0.1) is 11.3 Å². The van der Waals surface area contributed by atoms with E-state index in [-0.39, 0.29) is 0 Å². The summed E-state index contributed by atoms with van der Waals surface area (Å²) < 4.78 is 0. The zero-order valence-corrected chi connectivity index (χ0v) is 13.4. The van der Waals surface area contributed by atoms with Crippen LogP contribution < -0.4 is 5.32 Å². The lowest BCUT2D eigenvalue weighted by Gasteiger charge is -2.41. The van der Waals surface area contributed by atoms with Crippen LogP contribution in [0.3, 0.4) is 0 Å². The molecule has 1 aliphatic heterocycles. The molecule has 3 nitrogen and oxygen atoms in total. The van der Waals surface area contributed by atoms with Gasteiger partial charge >= 0.3 is 0 Å². The van der Waals surface area contributed by atoms with Crippen molar-refractivity contribution in [2.24, 2.45) is 11.3 Å². The van der Waals surface area contributed by atoms with Gasteiger partial charge in [0, 0.05) is 45.3 Å². The van der Waals surface area contributed by atoms with Gasteiger partial charge in [-0.05, 0) is 37.6 Å². The monoisotopic (exact) mass is 267 g/mol. The van der Waals surface area contributed by atoms with Gasteiger partial charge < -0.3 is 15.1 Å². The maximum absolute atomic E-state index is 3.58. The van der Waals surface area contributed by atoms with E-state index in [9.17, 15) is 0 Å². The molecule has 19 heavy (non-hydrogen) atoms. The van der Waals surface area contributed by atoms with E-state index in [0.29, 0.717) is 11.5 Å². The van der Waals surface area contributed by atoms with Crippen LogP contribution in [0.25, 0.3) is 0 Å². The van der Waals surface area contributed by atoms with E-state index in [1.54, 1.807) is 0 Å². The molecule has 0 spiro atoms. The molecular weight excluding hydrogens is 234 g/mol. The third-order valence-corrected chi connectivity index (χ3v) is 4.99. The molecule has 0 aromatic carbocycles. The van der Waals surface area contributed by atoms with Crippen LogP contribution in [0.5, 0.6) is 0 Å². The summed E-state index contributed by atoms with van der Waals surface area (Å²) in [4.78, 5) is 5.34. The summed E-state index contributed by atoms with van der Waals surface area (Å²) >= 11 is 0. The minimum Gasteiger partial charge on any atom is -0.314 e. The number of piperazine rings is 1. The Kier molecular flexibility index (Phi) is 5.27. The highest BCUT2D eigenvalue weighted by Crippen LogP contribution is 2.30. The normalized spacial score (nSPS) is 24.6. The highest BCUT2D eigenvalue weighted by atomic mass is 15.3. The molecular formula is C16H33N3. The van der Waals surface area contributed by atoms with Crippen LogP contribution in [0.1, 0.15) is 40.5 Å². The third-order valence-electron chi connectivity index (χ3n) is 4.99. The fraction of sp³-hybridized carbons (Fsp3) is 1.00. The van der Waals surface area contributed by atoms with E-state index in [1.807, 2.05) is 0 Å². The van der Waals surface area contributed by atoms with E-state index < -0.39 is 0 Å². The Labute approximate surface area is 119 Å². The first-order chi connectivity index (χ1) is 9.01. The summed E-state index contributed by atoms with van der Waals surface area (Å²) in [6.45, 7) is 18.1. The predicted molar refractivity (Wildman–Crippen MR) is 82.5 cm³/mol. The summed E-state index contributed by atoms with van der Waals surface area (Å²) in [5, 5.41) is 3.58. The zero-order valence-electron chi connectivity index (χ0n) is 13.4. The fourth-order valence-electron chi connectivity index (χ4n) is 3.09. The Balaban J connectivity index is 1.71. The van der Waals surface area contributed by atoms with Gasteiger partial charge in [-0.15, -0.1) is 0 Å². The molecule has 0 amide bonds. The quantitative estimate of drug-likeness (QED) is 0.761. The van der Waals surface area contributed by atoms with Crippen LogP contribution in [0.4, 0.5) is 0 Å². The van der Waals surface area contributed by atoms with Gasteiger partial charge in [-0.2, -0.15) is 0 Å². The van der Waals surface area contributed by atoms with E-state index in [2.05, 4.69) is 42.8 Å². The van der Waals surface area contributed by atoms with Crippen molar-refractivity contribution in [1.82, 2.24) is 15.1 Å². The molecule has 0 aromatic heterocycles. The largest absolute Gasteiger partial charge is 0.314 e.